The molecule has 2 rings (SSSR count). The molecule has 152 valence electrons. The van der Waals surface area contributed by atoms with Crippen LogP contribution < -0.4 is 4.72 Å². The van der Waals surface area contributed by atoms with E-state index in [9.17, 15) is 18.3 Å². The zero-order valence-corrected chi connectivity index (χ0v) is 17.4. The van der Waals surface area contributed by atoms with Gasteiger partial charge in [0, 0.05) is 6.42 Å². The molecule has 6 nitrogen and oxygen atoms in total. The molecule has 7 heteroatoms. The van der Waals surface area contributed by atoms with E-state index in [-0.39, 0.29) is 11.3 Å². The molecule has 0 fully saturated rings. The van der Waals surface area contributed by atoms with Gasteiger partial charge < -0.3 is 9.84 Å². The molecule has 2 N–H and O–H groups in total. The molecular weight excluding hydrogens is 378 g/mol. The van der Waals surface area contributed by atoms with Crippen molar-refractivity contribution >= 4 is 16.0 Å². The van der Waals surface area contributed by atoms with Crippen LogP contribution in [-0.2, 0) is 19.6 Å². The lowest BCUT2D eigenvalue weighted by Crippen LogP contribution is -2.45. The van der Waals surface area contributed by atoms with Crippen LogP contribution in [-0.4, -0.2) is 31.1 Å². The van der Waals surface area contributed by atoms with Gasteiger partial charge in [0.25, 0.3) is 0 Å². The fourth-order valence-electron chi connectivity index (χ4n) is 2.57. The first kappa shape index (κ1) is 22.1. The second-order valence-corrected chi connectivity index (χ2v) is 9.40. The molecule has 0 aliphatic rings. The number of hydrogen-bond donors (Lipinski definition) is 2. The van der Waals surface area contributed by atoms with Crippen LogP contribution in [0.3, 0.4) is 0 Å². The Kier molecular flexibility index (Phi) is 6.98. The highest BCUT2D eigenvalue weighted by Gasteiger charge is 2.32. The fraction of sp³-hybridized carbons (Fsp3) is 0.381. The number of hydrogen-bond acceptors (Lipinski definition) is 5. The van der Waals surface area contributed by atoms with Gasteiger partial charge in [0.15, 0.2) is 0 Å². The molecule has 0 heterocycles. The van der Waals surface area contributed by atoms with Gasteiger partial charge in [0.2, 0.25) is 10.0 Å². The molecule has 0 aliphatic carbocycles. The van der Waals surface area contributed by atoms with E-state index in [0.717, 1.165) is 5.56 Å². The van der Waals surface area contributed by atoms with E-state index in [0.29, 0.717) is 5.56 Å². The summed E-state index contributed by atoms with van der Waals surface area (Å²) in [4.78, 5) is 12.7. The molecule has 0 radical (unpaired) electrons. The monoisotopic (exact) mass is 405 g/mol. The van der Waals surface area contributed by atoms with Gasteiger partial charge in [0.05, 0.1) is 11.0 Å². The number of benzene rings is 2. The lowest BCUT2D eigenvalue weighted by atomic mass is 10.0. The number of ether oxygens (including phenoxy) is 1. The Hall–Kier alpha value is -2.22. The van der Waals surface area contributed by atoms with Crippen molar-refractivity contribution in [2.24, 2.45) is 0 Å². The lowest BCUT2D eigenvalue weighted by molar-refractivity contribution is -0.157. The van der Waals surface area contributed by atoms with Gasteiger partial charge in [-0.15, -0.1) is 0 Å². The Morgan fingerprint density at radius 3 is 2.18 bits per heavy atom. The quantitative estimate of drug-likeness (QED) is 0.691. The summed E-state index contributed by atoms with van der Waals surface area (Å²) in [6, 6.07) is 13.8. The minimum atomic E-state index is -3.97. The van der Waals surface area contributed by atoms with Crippen LogP contribution in [0.4, 0.5) is 0 Å². The lowest BCUT2D eigenvalue weighted by Gasteiger charge is -2.26. The molecule has 0 aliphatic heterocycles. The van der Waals surface area contributed by atoms with Crippen LogP contribution in [0.15, 0.2) is 59.5 Å². The van der Waals surface area contributed by atoms with Gasteiger partial charge >= 0.3 is 5.97 Å². The Labute approximate surface area is 166 Å². The molecule has 0 aromatic heterocycles. The third-order valence-electron chi connectivity index (χ3n) is 3.96. The van der Waals surface area contributed by atoms with Crippen molar-refractivity contribution in [3.8, 4) is 0 Å². The highest BCUT2D eigenvalue weighted by Crippen LogP contribution is 2.21. The highest BCUT2D eigenvalue weighted by molar-refractivity contribution is 7.89. The summed E-state index contributed by atoms with van der Waals surface area (Å²) >= 11 is 0. The second kappa shape index (κ2) is 8.86. The van der Waals surface area contributed by atoms with E-state index in [1.54, 1.807) is 57.2 Å². The number of esters is 1. The maximum Gasteiger partial charge on any atom is 0.324 e. The number of carbonyl (C=O) groups is 1. The van der Waals surface area contributed by atoms with Gasteiger partial charge in [0.1, 0.15) is 11.6 Å². The molecule has 0 unspecified atom stereocenters. The third-order valence-corrected chi connectivity index (χ3v) is 5.45. The second-order valence-electron chi connectivity index (χ2n) is 7.68. The summed E-state index contributed by atoms with van der Waals surface area (Å²) in [5, 5.41) is 10.5. The Morgan fingerprint density at radius 1 is 1.07 bits per heavy atom. The molecule has 0 saturated heterocycles. The minimum Gasteiger partial charge on any atom is -0.459 e. The molecule has 0 saturated carbocycles. The summed E-state index contributed by atoms with van der Waals surface area (Å²) in [7, 11) is -3.97. The predicted molar refractivity (Wildman–Crippen MR) is 107 cm³/mol. The molecule has 2 atom stereocenters. The summed E-state index contributed by atoms with van der Waals surface area (Å²) in [6.07, 6.45) is -1.18. The number of aryl methyl sites for hydroxylation is 1. The fourth-order valence-corrected chi connectivity index (χ4v) is 3.77. The zero-order valence-electron chi connectivity index (χ0n) is 16.5. The maximum atomic E-state index is 12.7. The van der Waals surface area contributed by atoms with E-state index in [4.69, 9.17) is 4.74 Å². The highest BCUT2D eigenvalue weighted by atomic mass is 32.2. The van der Waals surface area contributed by atoms with E-state index in [2.05, 4.69) is 4.72 Å². The van der Waals surface area contributed by atoms with Crippen LogP contribution in [0.2, 0.25) is 0 Å². The predicted octanol–water partition coefficient (Wildman–Crippen LogP) is 3.11. The standard InChI is InChI=1S/C21H27NO5S/c1-15-10-12-17(13-11-15)28(25,26)22-18(20(24)27-21(2,3)4)14-19(23)16-8-6-5-7-9-16/h5-13,18-19,22-23H,14H2,1-4H3/t18-,19-/m0/s1. The van der Waals surface area contributed by atoms with Gasteiger partial charge in [-0.1, -0.05) is 48.0 Å². The van der Waals surface area contributed by atoms with Crippen molar-refractivity contribution in [2.45, 2.75) is 56.8 Å². The molecule has 0 amide bonds. The Balaban J connectivity index is 2.27. The summed E-state index contributed by atoms with van der Waals surface area (Å²) in [5.41, 5.74) is 0.718. The molecule has 2 aromatic rings. The van der Waals surface area contributed by atoms with E-state index in [1.165, 1.54) is 12.1 Å². The smallest absolute Gasteiger partial charge is 0.324 e. The first-order valence-electron chi connectivity index (χ1n) is 9.03. The van der Waals surface area contributed by atoms with Gasteiger partial charge in [-0.2, -0.15) is 4.72 Å². The van der Waals surface area contributed by atoms with E-state index < -0.39 is 33.7 Å². The van der Waals surface area contributed by atoms with Crippen LogP contribution in [0, 0.1) is 6.92 Å². The summed E-state index contributed by atoms with van der Waals surface area (Å²) in [5.74, 6) is -0.738. The molecule has 0 bridgehead atoms. The Bertz CT molecular complexity index is 887. The van der Waals surface area contributed by atoms with Gasteiger partial charge in [-0.3, -0.25) is 4.79 Å². The van der Waals surface area contributed by atoms with Crippen LogP contribution in [0.1, 0.15) is 44.4 Å². The summed E-state index contributed by atoms with van der Waals surface area (Å²) < 4.78 is 33.2. The van der Waals surface area contributed by atoms with Crippen molar-refractivity contribution in [1.29, 1.82) is 0 Å². The van der Waals surface area contributed by atoms with Crippen molar-refractivity contribution < 1.29 is 23.1 Å². The number of carbonyl (C=O) groups excluding carboxylic acids is 1. The van der Waals surface area contributed by atoms with Crippen molar-refractivity contribution in [1.82, 2.24) is 4.72 Å². The third kappa shape index (κ3) is 6.44. The molecule has 28 heavy (non-hydrogen) atoms. The number of aliphatic hydroxyl groups excluding tert-OH is 1. The van der Waals surface area contributed by atoms with Crippen molar-refractivity contribution in [2.75, 3.05) is 0 Å². The number of nitrogens with one attached hydrogen (secondary N) is 1. The Morgan fingerprint density at radius 2 is 1.64 bits per heavy atom. The number of sulfonamides is 1. The first-order chi connectivity index (χ1) is 13.0. The average molecular weight is 406 g/mol. The van der Waals surface area contributed by atoms with Gasteiger partial charge in [-0.05, 0) is 45.4 Å². The molecular formula is C21H27NO5S. The van der Waals surface area contributed by atoms with E-state index >= 15 is 0 Å². The largest absolute Gasteiger partial charge is 0.459 e. The van der Waals surface area contributed by atoms with Crippen molar-refractivity contribution in [3.05, 3.63) is 65.7 Å². The first-order valence-corrected chi connectivity index (χ1v) is 10.5. The van der Waals surface area contributed by atoms with Crippen LogP contribution in [0.25, 0.3) is 0 Å². The number of aliphatic hydroxyl groups is 1. The van der Waals surface area contributed by atoms with Gasteiger partial charge in [-0.25, -0.2) is 8.42 Å². The SMILES string of the molecule is Cc1ccc(S(=O)(=O)N[C@@H](C[C@H](O)c2ccccc2)C(=O)OC(C)(C)C)cc1. The van der Waals surface area contributed by atoms with E-state index in [1.807, 2.05) is 13.0 Å². The van der Waals surface area contributed by atoms with Crippen LogP contribution >= 0.6 is 0 Å². The normalized spacial score (nSPS) is 14.3. The zero-order chi connectivity index (χ0) is 20.9. The average Bonchev–Trinajstić information content (AvgIpc) is 2.60. The van der Waals surface area contributed by atoms with Crippen molar-refractivity contribution in [3.63, 3.8) is 0 Å². The topological polar surface area (TPSA) is 92.7 Å². The number of rotatable bonds is 7. The molecule has 0 spiro atoms. The molecule has 2 aromatic carbocycles. The maximum absolute atomic E-state index is 12.7. The van der Waals surface area contributed by atoms with Crippen LogP contribution in [0.5, 0.6) is 0 Å². The minimum absolute atomic E-state index is 0.0425. The summed E-state index contributed by atoms with van der Waals surface area (Å²) in [6.45, 7) is 6.95.